The molecule has 0 radical (unpaired) electrons. The third kappa shape index (κ3) is 2.38. The number of nitrogens with zero attached hydrogens (tertiary/aromatic N) is 1. The molecule has 1 amide bonds. The first-order chi connectivity index (χ1) is 7.61. The first-order valence-corrected chi connectivity index (χ1v) is 6.22. The van der Waals surface area contributed by atoms with Crippen molar-refractivity contribution in [2.24, 2.45) is 0 Å². The molecule has 1 N–H and O–H groups in total. The molecule has 16 heavy (non-hydrogen) atoms. The van der Waals surface area contributed by atoms with Crippen LogP contribution in [0.1, 0.15) is 36.3 Å². The van der Waals surface area contributed by atoms with Crippen LogP contribution in [-0.4, -0.2) is 16.5 Å². The Hall–Kier alpha value is -1.03. The van der Waals surface area contributed by atoms with Gasteiger partial charge >= 0.3 is 0 Å². The van der Waals surface area contributed by atoms with Crippen molar-refractivity contribution in [3.05, 3.63) is 35.1 Å². The van der Waals surface area contributed by atoms with Gasteiger partial charge in [-0.3, -0.25) is 4.79 Å². The van der Waals surface area contributed by atoms with Gasteiger partial charge in [-0.05, 0) is 41.8 Å². The van der Waals surface area contributed by atoms with Crippen molar-refractivity contribution >= 4 is 21.8 Å². The summed E-state index contributed by atoms with van der Waals surface area (Å²) in [6, 6.07) is 2.36. The SMILES string of the molecule is C=CC(C)NC(=O)c1cc(Br)cn1C1CC1. The summed E-state index contributed by atoms with van der Waals surface area (Å²) in [4.78, 5) is 12.0. The van der Waals surface area contributed by atoms with Gasteiger partial charge in [0.2, 0.25) is 0 Å². The van der Waals surface area contributed by atoms with Gasteiger partial charge in [-0.1, -0.05) is 6.08 Å². The number of hydrogen-bond acceptors (Lipinski definition) is 1. The fraction of sp³-hybridized carbons (Fsp3) is 0.417. The maximum Gasteiger partial charge on any atom is 0.268 e. The highest BCUT2D eigenvalue weighted by Gasteiger charge is 2.27. The van der Waals surface area contributed by atoms with Crippen molar-refractivity contribution in [2.75, 3.05) is 0 Å². The van der Waals surface area contributed by atoms with E-state index in [1.807, 2.05) is 19.2 Å². The smallest absolute Gasteiger partial charge is 0.268 e. The Kier molecular flexibility index (Phi) is 3.19. The van der Waals surface area contributed by atoms with E-state index >= 15 is 0 Å². The van der Waals surface area contributed by atoms with Crippen LogP contribution < -0.4 is 5.32 Å². The Bertz CT molecular complexity index is 421. The first-order valence-electron chi connectivity index (χ1n) is 5.42. The first kappa shape index (κ1) is 11.5. The lowest BCUT2D eigenvalue weighted by Crippen LogP contribution is -2.32. The van der Waals surface area contributed by atoms with Crippen LogP contribution in [0.2, 0.25) is 0 Å². The molecule has 1 aliphatic rings. The number of hydrogen-bond donors (Lipinski definition) is 1. The zero-order valence-corrected chi connectivity index (χ0v) is 10.8. The summed E-state index contributed by atoms with van der Waals surface area (Å²) in [6.45, 7) is 5.56. The summed E-state index contributed by atoms with van der Waals surface area (Å²) < 4.78 is 3.01. The molecule has 1 atom stereocenters. The van der Waals surface area contributed by atoms with Crippen LogP contribution in [0, 0.1) is 0 Å². The Morgan fingerprint density at radius 3 is 3.00 bits per heavy atom. The van der Waals surface area contributed by atoms with Gasteiger partial charge < -0.3 is 9.88 Å². The molecule has 1 aromatic heterocycles. The number of aromatic nitrogens is 1. The van der Waals surface area contributed by atoms with E-state index in [2.05, 4.69) is 32.4 Å². The van der Waals surface area contributed by atoms with Gasteiger partial charge in [0.15, 0.2) is 0 Å². The molecular weight excluding hydrogens is 268 g/mol. The second kappa shape index (κ2) is 4.45. The third-order valence-electron chi connectivity index (χ3n) is 2.70. The highest BCUT2D eigenvalue weighted by molar-refractivity contribution is 9.10. The van der Waals surface area contributed by atoms with Gasteiger partial charge in [-0.25, -0.2) is 0 Å². The highest BCUT2D eigenvalue weighted by Crippen LogP contribution is 2.37. The van der Waals surface area contributed by atoms with Crippen LogP contribution in [0.25, 0.3) is 0 Å². The summed E-state index contributed by atoms with van der Waals surface area (Å²) in [7, 11) is 0. The molecule has 2 rings (SSSR count). The van der Waals surface area contributed by atoms with Crippen molar-refractivity contribution < 1.29 is 4.79 Å². The van der Waals surface area contributed by atoms with Gasteiger partial charge in [-0.15, -0.1) is 6.58 Å². The van der Waals surface area contributed by atoms with E-state index in [0.29, 0.717) is 6.04 Å². The molecule has 0 saturated heterocycles. The largest absolute Gasteiger partial charge is 0.345 e. The van der Waals surface area contributed by atoms with Gasteiger partial charge in [0, 0.05) is 22.8 Å². The molecule has 0 aromatic carbocycles. The molecule has 0 spiro atoms. The molecule has 1 unspecified atom stereocenters. The van der Waals surface area contributed by atoms with Crippen molar-refractivity contribution in [1.29, 1.82) is 0 Å². The summed E-state index contributed by atoms with van der Waals surface area (Å²) >= 11 is 3.41. The molecule has 86 valence electrons. The molecule has 1 saturated carbocycles. The van der Waals surface area contributed by atoms with Crippen LogP contribution in [-0.2, 0) is 0 Å². The van der Waals surface area contributed by atoms with E-state index in [-0.39, 0.29) is 11.9 Å². The second-order valence-electron chi connectivity index (χ2n) is 4.18. The van der Waals surface area contributed by atoms with Crippen LogP contribution in [0.5, 0.6) is 0 Å². The topological polar surface area (TPSA) is 34.0 Å². The fourth-order valence-corrected chi connectivity index (χ4v) is 2.06. The van der Waals surface area contributed by atoms with Crippen molar-refractivity contribution in [2.45, 2.75) is 31.8 Å². The molecule has 3 nitrogen and oxygen atoms in total. The predicted molar refractivity (Wildman–Crippen MR) is 67.5 cm³/mol. The van der Waals surface area contributed by atoms with E-state index in [0.717, 1.165) is 10.2 Å². The number of nitrogens with one attached hydrogen (secondary N) is 1. The summed E-state index contributed by atoms with van der Waals surface area (Å²) in [5, 5.41) is 2.88. The summed E-state index contributed by atoms with van der Waals surface area (Å²) in [5.74, 6) is -0.0370. The van der Waals surface area contributed by atoms with Gasteiger partial charge in [0.25, 0.3) is 5.91 Å². The van der Waals surface area contributed by atoms with Crippen LogP contribution in [0.15, 0.2) is 29.4 Å². The molecule has 0 bridgehead atoms. The van der Waals surface area contributed by atoms with E-state index in [1.165, 1.54) is 12.8 Å². The lowest BCUT2D eigenvalue weighted by atomic mass is 10.3. The quantitative estimate of drug-likeness (QED) is 0.847. The van der Waals surface area contributed by atoms with Gasteiger partial charge in [0.1, 0.15) is 5.69 Å². The molecule has 1 fully saturated rings. The Labute approximate surface area is 104 Å². The minimum atomic E-state index is -0.0370. The highest BCUT2D eigenvalue weighted by atomic mass is 79.9. The zero-order chi connectivity index (χ0) is 11.7. The third-order valence-corrected chi connectivity index (χ3v) is 3.13. The average Bonchev–Trinajstić information content (AvgIpc) is 3.01. The van der Waals surface area contributed by atoms with E-state index < -0.39 is 0 Å². The minimum absolute atomic E-state index is 0.00571. The molecule has 0 aliphatic heterocycles. The predicted octanol–water partition coefficient (Wildman–Crippen LogP) is 2.89. The second-order valence-corrected chi connectivity index (χ2v) is 5.10. The molecule has 1 heterocycles. The van der Waals surface area contributed by atoms with E-state index in [1.54, 1.807) is 6.08 Å². The van der Waals surface area contributed by atoms with Crippen molar-refractivity contribution in [3.8, 4) is 0 Å². The standard InChI is InChI=1S/C12H15BrN2O/c1-3-8(2)14-12(16)11-6-9(13)7-15(11)10-4-5-10/h3,6-8,10H,1,4-5H2,2H3,(H,14,16). The molecule has 1 aliphatic carbocycles. The maximum atomic E-state index is 12.0. The maximum absolute atomic E-state index is 12.0. The number of rotatable bonds is 4. The monoisotopic (exact) mass is 282 g/mol. The molecular formula is C12H15BrN2O. The molecule has 1 aromatic rings. The zero-order valence-electron chi connectivity index (χ0n) is 9.24. The van der Waals surface area contributed by atoms with Crippen LogP contribution in [0.3, 0.4) is 0 Å². The number of carbonyl (C=O) groups excluding carboxylic acids is 1. The summed E-state index contributed by atoms with van der Waals surface area (Å²) in [6.07, 6.45) is 6.03. The molecule has 4 heteroatoms. The Morgan fingerprint density at radius 1 is 1.75 bits per heavy atom. The number of carbonyl (C=O) groups is 1. The Morgan fingerprint density at radius 2 is 2.44 bits per heavy atom. The number of amides is 1. The summed E-state index contributed by atoms with van der Waals surface area (Å²) in [5.41, 5.74) is 0.725. The minimum Gasteiger partial charge on any atom is -0.345 e. The van der Waals surface area contributed by atoms with Gasteiger partial charge in [-0.2, -0.15) is 0 Å². The fourth-order valence-electron chi connectivity index (χ4n) is 1.62. The van der Waals surface area contributed by atoms with Crippen molar-refractivity contribution in [3.63, 3.8) is 0 Å². The van der Waals surface area contributed by atoms with E-state index in [9.17, 15) is 4.79 Å². The van der Waals surface area contributed by atoms with Crippen LogP contribution in [0.4, 0.5) is 0 Å². The number of halogens is 1. The lowest BCUT2D eigenvalue weighted by Gasteiger charge is -2.11. The normalized spacial score (nSPS) is 16.9. The average molecular weight is 283 g/mol. The lowest BCUT2D eigenvalue weighted by molar-refractivity contribution is 0.0937. The Balaban J connectivity index is 2.18. The van der Waals surface area contributed by atoms with Crippen molar-refractivity contribution in [1.82, 2.24) is 9.88 Å². The van der Waals surface area contributed by atoms with Gasteiger partial charge in [0.05, 0.1) is 0 Å². The van der Waals surface area contributed by atoms with Crippen LogP contribution >= 0.6 is 15.9 Å². The van der Waals surface area contributed by atoms with E-state index in [4.69, 9.17) is 0 Å².